The quantitative estimate of drug-likeness (QED) is 0.801. The number of aromatic nitrogens is 3. The van der Waals surface area contributed by atoms with Crippen molar-refractivity contribution in [1.29, 1.82) is 0 Å². The first-order valence-electron chi connectivity index (χ1n) is 11.3. The minimum absolute atomic E-state index is 0.0248. The van der Waals surface area contributed by atoms with Crippen LogP contribution in [0.1, 0.15) is 39.3 Å². The lowest BCUT2D eigenvalue weighted by Gasteiger charge is -2.44. The number of anilines is 1. The van der Waals surface area contributed by atoms with Gasteiger partial charge >= 0.3 is 0 Å². The van der Waals surface area contributed by atoms with Crippen LogP contribution < -0.4 is 5.32 Å². The molecule has 3 aliphatic rings. The first kappa shape index (κ1) is 20.4. The van der Waals surface area contributed by atoms with Crippen LogP contribution in [-0.4, -0.2) is 57.2 Å². The highest BCUT2D eigenvalue weighted by atomic mass is 16.5. The summed E-state index contributed by atoms with van der Waals surface area (Å²) in [5, 5.41) is 7.43. The van der Waals surface area contributed by atoms with Crippen LogP contribution in [0.4, 0.5) is 5.95 Å². The number of morpholine rings is 1. The lowest BCUT2D eigenvalue weighted by Crippen LogP contribution is -2.54. The van der Waals surface area contributed by atoms with E-state index in [1.165, 1.54) is 0 Å². The third-order valence-electron chi connectivity index (χ3n) is 6.73. The lowest BCUT2D eigenvalue weighted by atomic mass is 9.84. The fourth-order valence-electron chi connectivity index (χ4n) is 4.48. The summed E-state index contributed by atoms with van der Waals surface area (Å²) < 4.78 is 7.51. The predicted molar refractivity (Wildman–Crippen MR) is 121 cm³/mol. The molecule has 2 fully saturated rings. The molecule has 1 saturated carbocycles. The minimum atomic E-state index is 0.0248. The van der Waals surface area contributed by atoms with Crippen molar-refractivity contribution >= 4 is 23.1 Å². The van der Waals surface area contributed by atoms with E-state index in [0.29, 0.717) is 17.8 Å². The van der Waals surface area contributed by atoms with Gasteiger partial charge in [0.05, 0.1) is 18.9 Å². The fourth-order valence-corrected chi connectivity index (χ4v) is 4.48. The monoisotopic (exact) mass is 421 g/mol. The standard InChI is InChI=1S/C24H31N5O2/c1-16-13-18(9-10-19(16)14-28-11-12-31-15-24(28,2)3)20-5-4-6-21-25-23(27-29(20)21)26-22(30)17-7-8-17/h4-6,9-10,13,16-17,19H,7-8,11-12,14-15H2,1-3H3,(H,26,27,30). The molecule has 0 radical (unpaired) electrons. The number of hydrogen-bond donors (Lipinski definition) is 1. The molecule has 3 heterocycles. The second-order valence-electron chi connectivity index (χ2n) is 9.70. The summed E-state index contributed by atoms with van der Waals surface area (Å²) in [7, 11) is 0. The van der Waals surface area contributed by atoms with Crippen molar-refractivity contribution in [3.8, 4) is 0 Å². The summed E-state index contributed by atoms with van der Waals surface area (Å²) >= 11 is 0. The Hall–Kier alpha value is -2.51. The number of amides is 1. The molecule has 1 aliphatic heterocycles. The molecule has 31 heavy (non-hydrogen) atoms. The second kappa shape index (κ2) is 7.88. The van der Waals surface area contributed by atoms with Crippen LogP contribution in [0.2, 0.25) is 0 Å². The van der Waals surface area contributed by atoms with Gasteiger partial charge in [0.1, 0.15) is 0 Å². The molecule has 0 bridgehead atoms. The topological polar surface area (TPSA) is 71.8 Å². The molecular formula is C24H31N5O2. The number of carbonyl (C=O) groups excluding carboxylic acids is 1. The van der Waals surface area contributed by atoms with Gasteiger partial charge in [-0.15, -0.1) is 5.10 Å². The Kier molecular flexibility index (Phi) is 5.18. The maximum absolute atomic E-state index is 12.1. The summed E-state index contributed by atoms with van der Waals surface area (Å²) in [6.07, 6.45) is 8.79. The number of carbonyl (C=O) groups is 1. The first-order valence-corrected chi connectivity index (χ1v) is 11.3. The van der Waals surface area contributed by atoms with Crippen molar-refractivity contribution in [3.05, 3.63) is 42.1 Å². The molecule has 164 valence electrons. The van der Waals surface area contributed by atoms with E-state index in [-0.39, 0.29) is 17.4 Å². The van der Waals surface area contributed by atoms with Gasteiger partial charge in [-0.3, -0.25) is 15.0 Å². The van der Waals surface area contributed by atoms with Gasteiger partial charge < -0.3 is 4.74 Å². The van der Waals surface area contributed by atoms with Crippen LogP contribution in [0.15, 0.2) is 36.4 Å². The van der Waals surface area contributed by atoms with Crippen LogP contribution in [0.25, 0.3) is 11.2 Å². The molecule has 0 aromatic carbocycles. The molecule has 2 aliphatic carbocycles. The van der Waals surface area contributed by atoms with Gasteiger partial charge in [-0.2, -0.15) is 4.98 Å². The number of rotatable bonds is 5. The molecule has 1 amide bonds. The zero-order valence-electron chi connectivity index (χ0n) is 18.5. The molecule has 2 unspecified atom stereocenters. The number of allylic oxidation sites excluding steroid dienone is 3. The Morgan fingerprint density at radius 1 is 1.32 bits per heavy atom. The molecule has 5 rings (SSSR count). The third kappa shape index (κ3) is 4.16. The van der Waals surface area contributed by atoms with E-state index < -0.39 is 0 Å². The maximum Gasteiger partial charge on any atom is 0.249 e. The molecule has 2 aromatic heterocycles. The first-order chi connectivity index (χ1) is 14.9. The molecule has 2 atom stereocenters. The Labute approximate surface area is 183 Å². The van der Waals surface area contributed by atoms with Crippen LogP contribution >= 0.6 is 0 Å². The fraction of sp³-hybridized carbons (Fsp3) is 0.542. The van der Waals surface area contributed by atoms with E-state index in [9.17, 15) is 4.79 Å². The Morgan fingerprint density at radius 3 is 2.90 bits per heavy atom. The average molecular weight is 422 g/mol. The van der Waals surface area contributed by atoms with Crippen molar-refractivity contribution in [2.45, 2.75) is 39.2 Å². The Bertz CT molecular complexity index is 1050. The summed E-state index contributed by atoms with van der Waals surface area (Å²) in [6.45, 7) is 10.4. The zero-order valence-corrected chi connectivity index (χ0v) is 18.5. The number of ether oxygens (including phenoxy) is 1. The number of fused-ring (bicyclic) bond motifs is 1. The highest BCUT2D eigenvalue weighted by molar-refractivity contribution is 5.92. The molecule has 7 heteroatoms. The number of nitrogens with zero attached hydrogens (tertiary/aromatic N) is 4. The van der Waals surface area contributed by atoms with E-state index in [1.54, 1.807) is 0 Å². The SMILES string of the molecule is CC1C=C(c2cccc3nc(NC(=O)C4CC4)nn23)C=CC1CN1CCOCC1(C)C. The van der Waals surface area contributed by atoms with Crippen molar-refractivity contribution in [2.75, 3.05) is 31.6 Å². The molecular weight excluding hydrogens is 390 g/mol. The summed E-state index contributed by atoms with van der Waals surface area (Å²) in [6, 6.07) is 5.97. The highest BCUT2D eigenvalue weighted by Crippen LogP contribution is 2.32. The van der Waals surface area contributed by atoms with E-state index in [1.807, 2.05) is 16.6 Å². The lowest BCUT2D eigenvalue weighted by molar-refractivity contribution is -0.117. The Balaban J connectivity index is 1.34. The van der Waals surface area contributed by atoms with Gasteiger partial charge in [0.15, 0.2) is 5.65 Å². The maximum atomic E-state index is 12.1. The second-order valence-corrected chi connectivity index (χ2v) is 9.70. The van der Waals surface area contributed by atoms with Gasteiger partial charge in [-0.25, -0.2) is 4.52 Å². The van der Waals surface area contributed by atoms with Gasteiger partial charge in [0.25, 0.3) is 0 Å². The third-order valence-corrected chi connectivity index (χ3v) is 6.73. The van der Waals surface area contributed by atoms with Crippen LogP contribution in [-0.2, 0) is 9.53 Å². The number of nitrogens with one attached hydrogen (secondary N) is 1. The van der Waals surface area contributed by atoms with Crippen LogP contribution in [0.3, 0.4) is 0 Å². The highest BCUT2D eigenvalue weighted by Gasteiger charge is 2.33. The smallest absolute Gasteiger partial charge is 0.249 e. The summed E-state index contributed by atoms with van der Waals surface area (Å²) in [5.74, 6) is 1.40. The van der Waals surface area contributed by atoms with E-state index in [2.05, 4.69) is 65.4 Å². The average Bonchev–Trinajstić information content (AvgIpc) is 3.50. The van der Waals surface area contributed by atoms with Gasteiger partial charge in [-0.05, 0) is 56.2 Å². The van der Waals surface area contributed by atoms with Crippen LogP contribution in [0, 0.1) is 17.8 Å². The molecule has 1 saturated heterocycles. The number of pyridine rings is 1. The predicted octanol–water partition coefficient (Wildman–Crippen LogP) is 3.39. The van der Waals surface area contributed by atoms with Gasteiger partial charge in [0, 0.05) is 24.5 Å². The molecule has 7 nitrogen and oxygen atoms in total. The molecule has 1 N–H and O–H groups in total. The van der Waals surface area contributed by atoms with Gasteiger partial charge in [-0.1, -0.05) is 31.2 Å². The molecule has 0 spiro atoms. The normalized spacial score (nSPS) is 26.1. The van der Waals surface area contributed by atoms with Crippen molar-refractivity contribution in [1.82, 2.24) is 19.5 Å². The van der Waals surface area contributed by atoms with E-state index in [0.717, 1.165) is 56.1 Å². The van der Waals surface area contributed by atoms with Crippen molar-refractivity contribution < 1.29 is 9.53 Å². The number of hydrogen-bond acceptors (Lipinski definition) is 5. The van der Waals surface area contributed by atoms with Gasteiger partial charge in [0.2, 0.25) is 11.9 Å². The largest absolute Gasteiger partial charge is 0.378 e. The van der Waals surface area contributed by atoms with E-state index >= 15 is 0 Å². The Morgan fingerprint density at radius 2 is 2.16 bits per heavy atom. The zero-order chi connectivity index (χ0) is 21.6. The van der Waals surface area contributed by atoms with Crippen molar-refractivity contribution in [2.24, 2.45) is 17.8 Å². The van der Waals surface area contributed by atoms with E-state index in [4.69, 9.17) is 4.74 Å². The minimum Gasteiger partial charge on any atom is -0.378 e. The van der Waals surface area contributed by atoms with Crippen LogP contribution in [0.5, 0.6) is 0 Å². The summed E-state index contributed by atoms with van der Waals surface area (Å²) in [5.41, 5.74) is 2.94. The van der Waals surface area contributed by atoms with Crippen molar-refractivity contribution in [3.63, 3.8) is 0 Å². The molecule has 2 aromatic rings. The summed E-state index contributed by atoms with van der Waals surface area (Å²) in [4.78, 5) is 19.1.